The van der Waals surface area contributed by atoms with E-state index < -0.39 is 0 Å². The monoisotopic (exact) mass is 427 g/mol. The second-order valence-electron chi connectivity index (χ2n) is 5.99. The van der Waals surface area contributed by atoms with E-state index in [1.807, 2.05) is 42.5 Å². The fourth-order valence-corrected chi connectivity index (χ4v) is 3.85. The minimum Gasteiger partial charge on any atom is -0.267 e. The number of pyridine rings is 1. The number of nitrogens with zero attached hydrogens (tertiary/aromatic N) is 3. The molecule has 138 valence electrons. The molecule has 1 aliphatic rings. The van der Waals surface area contributed by atoms with Gasteiger partial charge in [-0.3, -0.25) is 9.78 Å². The van der Waals surface area contributed by atoms with Crippen molar-refractivity contribution in [2.24, 2.45) is 5.10 Å². The summed E-state index contributed by atoms with van der Waals surface area (Å²) in [5.74, 6) is -0.332. The summed E-state index contributed by atoms with van der Waals surface area (Å²) in [6.07, 6.45) is 5.10. The van der Waals surface area contributed by atoms with Crippen molar-refractivity contribution >= 4 is 58.2 Å². The molecule has 2 heterocycles. The number of carbonyl (C=O) groups is 1. The molecule has 7 heteroatoms. The molecule has 1 aliphatic heterocycles. The van der Waals surface area contributed by atoms with Crippen molar-refractivity contribution in [1.82, 2.24) is 4.98 Å². The molecule has 0 bridgehead atoms. The van der Waals surface area contributed by atoms with Crippen LogP contribution >= 0.6 is 34.8 Å². The smallest absolute Gasteiger partial charge is 0.267 e. The zero-order chi connectivity index (χ0) is 19.7. The van der Waals surface area contributed by atoms with Gasteiger partial charge in [-0.1, -0.05) is 65.1 Å². The summed E-state index contributed by atoms with van der Waals surface area (Å²) in [5.41, 5.74) is 2.89. The number of halogens is 3. The highest BCUT2D eigenvalue weighted by Gasteiger charge is 2.34. The molecule has 28 heavy (non-hydrogen) atoms. The molecule has 0 fully saturated rings. The second kappa shape index (κ2) is 7.76. The third-order valence-corrected chi connectivity index (χ3v) is 4.93. The summed E-state index contributed by atoms with van der Waals surface area (Å²) < 4.78 is 0. The van der Waals surface area contributed by atoms with Crippen molar-refractivity contribution in [3.05, 3.63) is 98.8 Å². The second-order valence-corrected chi connectivity index (χ2v) is 7.24. The van der Waals surface area contributed by atoms with Gasteiger partial charge < -0.3 is 0 Å². The first-order valence-corrected chi connectivity index (χ1v) is 9.43. The molecule has 4 nitrogen and oxygen atoms in total. The fraction of sp³-hybridized carbons (Fsp3) is 0. The minimum absolute atomic E-state index is 0.243. The largest absolute Gasteiger partial charge is 0.281 e. The fourth-order valence-electron chi connectivity index (χ4n) is 2.87. The lowest BCUT2D eigenvalue weighted by molar-refractivity contribution is -0.114. The summed E-state index contributed by atoms with van der Waals surface area (Å²) >= 11 is 18.6. The van der Waals surface area contributed by atoms with Crippen molar-refractivity contribution in [3.8, 4) is 0 Å². The van der Waals surface area contributed by atoms with E-state index in [1.165, 1.54) is 17.1 Å². The van der Waals surface area contributed by atoms with Crippen LogP contribution in [0, 0.1) is 0 Å². The van der Waals surface area contributed by atoms with Gasteiger partial charge in [0, 0.05) is 23.0 Å². The number of anilines is 1. The Balaban J connectivity index is 1.88. The maximum absolute atomic E-state index is 13.3. The Hall–Kier alpha value is -2.66. The Morgan fingerprint density at radius 1 is 0.893 bits per heavy atom. The van der Waals surface area contributed by atoms with Gasteiger partial charge in [-0.2, -0.15) is 10.1 Å². The third-order valence-electron chi connectivity index (χ3n) is 4.14. The van der Waals surface area contributed by atoms with Crippen LogP contribution in [0.1, 0.15) is 11.1 Å². The van der Waals surface area contributed by atoms with Gasteiger partial charge >= 0.3 is 0 Å². The first kappa shape index (κ1) is 18.7. The van der Waals surface area contributed by atoms with Crippen LogP contribution in [-0.2, 0) is 4.79 Å². The van der Waals surface area contributed by atoms with Crippen LogP contribution in [0.2, 0.25) is 15.1 Å². The lowest BCUT2D eigenvalue weighted by Gasteiger charge is -2.15. The van der Waals surface area contributed by atoms with Gasteiger partial charge in [0.15, 0.2) is 0 Å². The molecule has 1 aromatic heterocycles. The van der Waals surface area contributed by atoms with Crippen molar-refractivity contribution in [1.29, 1.82) is 0 Å². The molecule has 0 saturated carbocycles. The molecule has 2 aromatic carbocycles. The molecule has 0 spiro atoms. The highest BCUT2D eigenvalue weighted by atomic mass is 35.5. The molecular weight excluding hydrogens is 417 g/mol. The number of hydrogen-bond acceptors (Lipinski definition) is 3. The van der Waals surface area contributed by atoms with Crippen molar-refractivity contribution in [2.45, 2.75) is 0 Å². The van der Waals surface area contributed by atoms with Gasteiger partial charge in [0.2, 0.25) is 0 Å². The molecule has 3 aromatic rings. The highest BCUT2D eigenvalue weighted by Crippen LogP contribution is 2.39. The van der Waals surface area contributed by atoms with Gasteiger partial charge in [0.1, 0.15) is 11.4 Å². The van der Waals surface area contributed by atoms with E-state index in [-0.39, 0.29) is 16.0 Å². The predicted molar refractivity (Wildman–Crippen MR) is 114 cm³/mol. The van der Waals surface area contributed by atoms with Crippen molar-refractivity contribution in [3.63, 3.8) is 0 Å². The van der Waals surface area contributed by atoms with Crippen LogP contribution in [0.15, 0.2) is 77.7 Å². The number of hydrogen-bond donors (Lipinski definition) is 0. The molecule has 0 saturated heterocycles. The van der Waals surface area contributed by atoms with Crippen LogP contribution < -0.4 is 5.01 Å². The summed E-state index contributed by atoms with van der Waals surface area (Å²) in [6, 6.07) is 16.1. The van der Waals surface area contributed by atoms with E-state index in [9.17, 15) is 4.79 Å². The van der Waals surface area contributed by atoms with Crippen LogP contribution in [0.3, 0.4) is 0 Å². The molecule has 0 N–H and O–H groups in total. The van der Waals surface area contributed by atoms with E-state index in [2.05, 4.69) is 10.1 Å². The lowest BCUT2D eigenvalue weighted by atomic mass is 10.0. The normalized spacial score (nSPS) is 15.2. The summed E-state index contributed by atoms with van der Waals surface area (Å²) in [7, 11) is 0. The Morgan fingerprint density at radius 3 is 2.18 bits per heavy atom. The Bertz CT molecular complexity index is 1090. The van der Waals surface area contributed by atoms with E-state index in [4.69, 9.17) is 34.8 Å². The number of amides is 1. The first-order chi connectivity index (χ1) is 13.5. The van der Waals surface area contributed by atoms with Crippen LogP contribution in [0.5, 0.6) is 0 Å². The van der Waals surface area contributed by atoms with Gasteiger partial charge in [-0.15, -0.1) is 0 Å². The Labute approximate surface area is 176 Å². The number of aromatic nitrogens is 1. The molecule has 0 aliphatic carbocycles. The quantitative estimate of drug-likeness (QED) is 0.489. The number of rotatable bonds is 3. The highest BCUT2D eigenvalue weighted by molar-refractivity contribution is 6.44. The zero-order valence-electron chi connectivity index (χ0n) is 14.3. The Morgan fingerprint density at radius 2 is 1.54 bits per heavy atom. The summed E-state index contributed by atoms with van der Waals surface area (Å²) in [6.45, 7) is 0. The van der Waals surface area contributed by atoms with Crippen molar-refractivity contribution in [2.75, 3.05) is 5.01 Å². The molecular formula is C21H12Cl3N3O. The summed E-state index contributed by atoms with van der Waals surface area (Å²) in [5, 5.41) is 6.63. The third kappa shape index (κ3) is 3.54. The number of carbonyl (C=O) groups excluding carboxylic acids is 1. The molecule has 0 radical (unpaired) electrons. The molecule has 1 amide bonds. The average Bonchev–Trinajstić information content (AvgIpc) is 2.99. The maximum Gasteiger partial charge on any atom is 0.281 e. The number of hydrazone groups is 1. The average molecular weight is 429 g/mol. The van der Waals surface area contributed by atoms with Crippen LogP contribution in [0.4, 0.5) is 5.69 Å². The van der Waals surface area contributed by atoms with E-state index in [1.54, 1.807) is 18.5 Å². The lowest BCUT2D eigenvalue weighted by Crippen LogP contribution is -2.22. The van der Waals surface area contributed by atoms with Crippen LogP contribution in [-0.4, -0.2) is 16.6 Å². The maximum atomic E-state index is 13.3. The Kier molecular flexibility index (Phi) is 5.18. The van der Waals surface area contributed by atoms with E-state index in [0.717, 1.165) is 11.1 Å². The van der Waals surface area contributed by atoms with E-state index in [0.29, 0.717) is 22.0 Å². The predicted octanol–water partition coefficient (Wildman–Crippen LogP) is 5.88. The molecule has 4 rings (SSSR count). The van der Waals surface area contributed by atoms with Gasteiger partial charge in [-0.25, -0.2) is 0 Å². The first-order valence-electron chi connectivity index (χ1n) is 8.30. The van der Waals surface area contributed by atoms with Gasteiger partial charge in [0.25, 0.3) is 5.91 Å². The zero-order valence-corrected chi connectivity index (χ0v) is 16.6. The minimum atomic E-state index is -0.332. The topological polar surface area (TPSA) is 45.6 Å². The van der Waals surface area contributed by atoms with Crippen LogP contribution in [0.25, 0.3) is 6.08 Å². The van der Waals surface area contributed by atoms with Gasteiger partial charge in [0.05, 0.1) is 15.6 Å². The standard InChI is InChI=1S/C21H12Cl3N3O/c22-15-11-17(23)20(18(24)12-15)27-21(28)16(10-13-6-8-25-9-7-13)19(26-27)14-4-2-1-3-5-14/h1-12H. The number of benzene rings is 2. The summed E-state index contributed by atoms with van der Waals surface area (Å²) in [4.78, 5) is 17.3. The van der Waals surface area contributed by atoms with Crippen molar-refractivity contribution < 1.29 is 4.79 Å². The molecule has 0 unspecified atom stereocenters. The SMILES string of the molecule is O=C1C(=Cc2ccncc2)C(c2ccccc2)=NN1c1c(Cl)cc(Cl)cc1Cl. The molecule has 0 atom stereocenters. The van der Waals surface area contributed by atoms with Gasteiger partial charge in [-0.05, 0) is 35.9 Å². The van der Waals surface area contributed by atoms with E-state index >= 15 is 0 Å².